The Morgan fingerprint density at radius 3 is 2.86 bits per heavy atom. The van der Waals surface area contributed by atoms with Crippen LogP contribution < -0.4 is 15.5 Å². The number of carbonyl (C=O) groups is 1. The van der Waals surface area contributed by atoms with Crippen LogP contribution in [0.2, 0.25) is 0 Å². The van der Waals surface area contributed by atoms with Crippen LogP contribution in [0.4, 0.5) is 11.5 Å². The Morgan fingerprint density at radius 2 is 2.11 bits per heavy atom. The van der Waals surface area contributed by atoms with Crippen molar-refractivity contribution in [1.29, 1.82) is 0 Å². The zero-order chi connectivity index (χ0) is 24.8. The van der Waals surface area contributed by atoms with Crippen molar-refractivity contribution < 1.29 is 14.6 Å². The summed E-state index contributed by atoms with van der Waals surface area (Å²) in [5.74, 6) is 0.419. The van der Waals surface area contributed by atoms with Crippen molar-refractivity contribution in [2.24, 2.45) is 0 Å². The van der Waals surface area contributed by atoms with Crippen LogP contribution in [0.25, 0.3) is 22.7 Å². The van der Waals surface area contributed by atoms with Crippen LogP contribution in [0.3, 0.4) is 0 Å². The Morgan fingerprint density at radius 1 is 1.22 bits per heavy atom. The number of nitrogens with one attached hydrogen (secondary N) is 2. The van der Waals surface area contributed by atoms with Crippen molar-refractivity contribution in [1.82, 2.24) is 29.3 Å². The number of carbonyl (C=O) groups excluding carboxylic acids is 1. The number of hydrogen-bond acceptors (Lipinski definition) is 8. The lowest BCUT2D eigenvalue weighted by atomic mass is 10.2. The summed E-state index contributed by atoms with van der Waals surface area (Å²) in [5.41, 5.74) is 4.26. The molecule has 4 aromatic heterocycles. The molecule has 2 aliphatic rings. The van der Waals surface area contributed by atoms with Gasteiger partial charge in [0.2, 0.25) is 0 Å². The molecule has 4 aromatic rings. The van der Waals surface area contributed by atoms with Crippen LogP contribution in [0.5, 0.6) is 0 Å². The highest BCUT2D eigenvalue weighted by Crippen LogP contribution is 2.31. The molecule has 0 bridgehead atoms. The number of anilines is 2. The van der Waals surface area contributed by atoms with Gasteiger partial charge in [0.05, 0.1) is 41.5 Å². The molecule has 2 fully saturated rings. The quantitative estimate of drug-likeness (QED) is 0.375. The van der Waals surface area contributed by atoms with E-state index in [0.29, 0.717) is 29.1 Å². The standard InChI is InChI=1S/C25H30N8O3/c1-26-22-12-18(29-23-16(13-28-33(22)23)25(35)30-17-4-3-5-21(17)34)19-6-7-20(24-27-9-11-32(19)24)31-10-8-15(14-31)36-2/h6-7,9,11-13,15,17,21,26,34H,3-5,8,10,14H2,1-2H3,(H,30,35)/t15-,17+,21-/m0/s1. The molecule has 0 aromatic carbocycles. The zero-order valence-electron chi connectivity index (χ0n) is 20.4. The smallest absolute Gasteiger partial charge is 0.257 e. The number of aromatic nitrogens is 5. The summed E-state index contributed by atoms with van der Waals surface area (Å²) in [4.78, 5) is 24.9. The zero-order valence-corrected chi connectivity index (χ0v) is 20.4. The molecule has 1 saturated carbocycles. The van der Waals surface area contributed by atoms with E-state index in [1.165, 1.54) is 6.20 Å². The van der Waals surface area contributed by atoms with Gasteiger partial charge in [-0.2, -0.15) is 9.61 Å². The lowest BCUT2D eigenvalue weighted by Gasteiger charge is -2.20. The topological polar surface area (TPSA) is 121 Å². The van der Waals surface area contributed by atoms with Gasteiger partial charge in [0.25, 0.3) is 5.91 Å². The second-order valence-electron chi connectivity index (χ2n) is 9.47. The Balaban J connectivity index is 1.40. The molecule has 1 aliphatic carbocycles. The highest BCUT2D eigenvalue weighted by atomic mass is 16.5. The molecule has 1 amide bonds. The van der Waals surface area contributed by atoms with Crippen molar-refractivity contribution in [2.75, 3.05) is 37.5 Å². The Bertz CT molecular complexity index is 1430. The van der Waals surface area contributed by atoms with Gasteiger partial charge in [0.15, 0.2) is 11.3 Å². The molecule has 3 N–H and O–H groups in total. The van der Waals surface area contributed by atoms with Gasteiger partial charge in [-0.05, 0) is 37.8 Å². The molecular formula is C25H30N8O3. The van der Waals surface area contributed by atoms with E-state index in [-0.39, 0.29) is 18.1 Å². The van der Waals surface area contributed by atoms with E-state index in [2.05, 4.69) is 31.7 Å². The molecule has 0 unspecified atom stereocenters. The fourth-order valence-electron chi connectivity index (χ4n) is 5.38. The van der Waals surface area contributed by atoms with Crippen LogP contribution in [-0.4, -0.2) is 80.5 Å². The molecule has 1 saturated heterocycles. The summed E-state index contributed by atoms with van der Waals surface area (Å²) in [6.45, 7) is 1.74. The molecule has 11 heteroatoms. The van der Waals surface area contributed by atoms with Gasteiger partial charge < -0.3 is 25.4 Å². The maximum Gasteiger partial charge on any atom is 0.257 e. The lowest BCUT2D eigenvalue weighted by molar-refractivity contribution is 0.0874. The predicted octanol–water partition coefficient (Wildman–Crippen LogP) is 1.95. The van der Waals surface area contributed by atoms with Crippen LogP contribution in [-0.2, 0) is 4.74 Å². The first-order valence-electron chi connectivity index (χ1n) is 12.4. The minimum absolute atomic E-state index is 0.221. The van der Waals surface area contributed by atoms with E-state index < -0.39 is 6.10 Å². The first-order valence-corrected chi connectivity index (χ1v) is 12.4. The Hall–Kier alpha value is -3.70. The minimum Gasteiger partial charge on any atom is -0.391 e. The molecule has 5 heterocycles. The van der Waals surface area contributed by atoms with Gasteiger partial charge >= 0.3 is 0 Å². The van der Waals surface area contributed by atoms with Crippen LogP contribution >= 0.6 is 0 Å². The van der Waals surface area contributed by atoms with Crippen molar-refractivity contribution >= 4 is 28.7 Å². The molecule has 1 aliphatic heterocycles. The average molecular weight is 491 g/mol. The number of aliphatic hydroxyl groups is 1. The van der Waals surface area contributed by atoms with E-state index in [1.807, 2.05) is 29.8 Å². The summed E-state index contributed by atoms with van der Waals surface area (Å²) >= 11 is 0. The number of pyridine rings is 1. The third kappa shape index (κ3) is 3.75. The summed E-state index contributed by atoms with van der Waals surface area (Å²) in [7, 11) is 3.56. The molecule has 6 rings (SSSR count). The van der Waals surface area contributed by atoms with E-state index >= 15 is 0 Å². The van der Waals surface area contributed by atoms with Gasteiger partial charge in [0.1, 0.15) is 11.4 Å². The van der Waals surface area contributed by atoms with Crippen LogP contribution in [0.15, 0.2) is 36.8 Å². The summed E-state index contributed by atoms with van der Waals surface area (Å²) in [6, 6.07) is 5.77. The third-order valence-electron chi connectivity index (χ3n) is 7.38. The second kappa shape index (κ2) is 9.07. The first kappa shape index (κ1) is 22.7. The molecule has 188 valence electrons. The lowest BCUT2D eigenvalue weighted by Crippen LogP contribution is -2.39. The van der Waals surface area contributed by atoms with E-state index in [9.17, 15) is 9.90 Å². The second-order valence-corrected chi connectivity index (χ2v) is 9.47. The highest BCUT2D eigenvalue weighted by Gasteiger charge is 2.29. The van der Waals surface area contributed by atoms with Crippen molar-refractivity contribution in [3.63, 3.8) is 0 Å². The van der Waals surface area contributed by atoms with E-state index in [1.54, 1.807) is 17.8 Å². The molecule has 0 spiro atoms. The Labute approximate surface area is 208 Å². The SMILES string of the molecule is CNc1cc(-c2ccc(N3CC[C@H](OC)C3)c3nccn23)nc2c(C(=O)N[C@@H]3CCC[C@@H]3O)cnn12. The number of methoxy groups -OCH3 is 1. The normalized spacial score (nSPS) is 22.1. The number of fused-ring (bicyclic) bond motifs is 2. The minimum atomic E-state index is -0.519. The van der Waals surface area contributed by atoms with Crippen molar-refractivity contribution in [2.45, 2.75) is 43.9 Å². The Kier molecular flexibility index (Phi) is 5.73. The maximum atomic E-state index is 13.1. The van der Waals surface area contributed by atoms with Gasteiger partial charge in [-0.1, -0.05) is 0 Å². The molecule has 3 atom stereocenters. The number of nitrogens with zero attached hydrogens (tertiary/aromatic N) is 6. The summed E-state index contributed by atoms with van der Waals surface area (Å²) in [5, 5.41) is 20.7. The average Bonchev–Trinajstić information content (AvgIpc) is 3.69. The van der Waals surface area contributed by atoms with E-state index in [0.717, 1.165) is 49.4 Å². The third-order valence-corrected chi connectivity index (χ3v) is 7.38. The first-order chi connectivity index (χ1) is 17.6. The van der Waals surface area contributed by atoms with Crippen molar-refractivity contribution in [3.8, 4) is 11.4 Å². The fourth-order valence-corrected chi connectivity index (χ4v) is 5.38. The monoisotopic (exact) mass is 490 g/mol. The number of aliphatic hydroxyl groups excluding tert-OH is 1. The summed E-state index contributed by atoms with van der Waals surface area (Å²) in [6.07, 6.45) is 8.29. The predicted molar refractivity (Wildman–Crippen MR) is 135 cm³/mol. The molecule has 0 radical (unpaired) electrons. The highest BCUT2D eigenvalue weighted by molar-refractivity contribution is 6.00. The number of imidazole rings is 1. The van der Waals surface area contributed by atoms with Gasteiger partial charge in [-0.15, -0.1) is 0 Å². The van der Waals surface area contributed by atoms with Gasteiger partial charge in [-0.25, -0.2) is 9.97 Å². The molecule has 36 heavy (non-hydrogen) atoms. The van der Waals surface area contributed by atoms with Gasteiger partial charge in [-0.3, -0.25) is 9.20 Å². The maximum absolute atomic E-state index is 13.1. The fraction of sp³-hybridized carbons (Fsp3) is 0.440. The van der Waals surface area contributed by atoms with Crippen molar-refractivity contribution in [3.05, 3.63) is 42.4 Å². The largest absolute Gasteiger partial charge is 0.391 e. The number of amides is 1. The number of hydrogen-bond donors (Lipinski definition) is 3. The summed E-state index contributed by atoms with van der Waals surface area (Å²) < 4.78 is 9.20. The molecular weight excluding hydrogens is 460 g/mol. The number of rotatable bonds is 6. The van der Waals surface area contributed by atoms with Gasteiger partial charge in [0, 0.05) is 45.7 Å². The van der Waals surface area contributed by atoms with E-state index in [4.69, 9.17) is 9.72 Å². The van der Waals surface area contributed by atoms with Crippen LogP contribution in [0, 0.1) is 0 Å². The number of ether oxygens (including phenoxy) is 1. The van der Waals surface area contributed by atoms with Crippen LogP contribution in [0.1, 0.15) is 36.0 Å². The molecule has 11 nitrogen and oxygen atoms in total.